The van der Waals surface area contributed by atoms with Gasteiger partial charge in [-0.15, -0.1) is 0 Å². The Kier molecular flexibility index (Phi) is 4.29. The van der Waals surface area contributed by atoms with Crippen molar-refractivity contribution >= 4 is 5.69 Å². The maximum atomic E-state index is 13.0. The molecule has 1 aliphatic heterocycles. The summed E-state index contributed by atoms with van der Waals surface area (Å²) in [5, 5.41) is 9.37. The van der Waals surface area contributed by atoms with Crippen LogP contribution in [0, 0.1) is 5.82 Å². The van der Waals surface area contributed by atoms with Crippen LogP contribution in [-0.4, -0.2) is 31.3 Å². The van der Waals surface area contributed by atoms with Gasteiger partial charge < -0.3 is 14.9 Å². The third-order valence-corrected chi connectivity index (χ3v) is 4.60. The van der Waals surface area contributed by atoms with Crippen LogP contribution in [0.2, 0.25) is 0 Å². The van der Waals surface area contributed by atoms with Gasteiger partial charge in [-0.1, -0.05) is 12.1 Å². The molecule has 0 unspecified atom stereocenters. The second-order valence-corrected chi connectivity index (χ2v) is 5.93. The van der Waals surface area contributed by atoms with Crippen LogP contribution in [0.25, 0.3) is 0 Å². The summed E-state index contributed by atoms with van der Waals surface area (Å²) in [6.45, 7) is 6.30. The molecule has 0 aromatic heterocycles. The number of hydrogen-bond donors (Lipinski definition) is 2. The molecule has 0 bridgehead atoms. The van der Waals surface area contributed by atoms with Gasteiger partial charge in [0.2, 0.25) is 0 Å². The van der Waals surface area contributed by atoms with Gasteiger partial charge in [-0.3, -0.25) is 0 Å². The Labute approximate surface area is 130 Å². The molecule has 0 spiro atoms. The summed E-state index contributed by atoms with van der Waals surface area (Å²) >= 11 is 0. The largest absolute Gasteiger partial charge is 0.508 e. The predicted octanol–water partition coefficient (Wildman–Crippen LogP) is 2.00. The fourth-order valence-corrected chi connectivity index (χ4v) is 3.14. The van der Waals surface area contributed by atoms with E-state index < -0.39 is 0 Å². The van der Waals surface area contributed by atoms with Gasteiger partial charge in [0.05, 0.1) is 26.2 Å². The predicted molar refractivity (Wildman–Crippen MR) is 85.8 cm³/mol. The molecule has 1 saturated heterocycles. The number of nitrogens with one attached hydrogen (secondary N) is 1. The number of nitrogens with zero attached hydrogens (tertiary/aromatic N) is 1. The summed E-state index contributed by atoms with van der Waals surface area (Å²) in [6.07, 6.45) is 0. The van der Waals surface area contributed by atoms with Crippen molar-refractivity contribution in [3.05, 3.63) is 59.9 Å². The van der Waals surface area contributed by atoms with E-state index in [-0.39, 0.29) is 5.82 Å². The smallest absolute Gasteiger partial charge is 0.123 e. The molecular formula is C18H22FN2O+. The molecule has 0 amide bonds. The monoisotopic (exact) mass is 301 g/mol. The van der Waals surface area contributed by atoms with Crippen LogP contribution in [0.3, 0.4) is 0 Å². The summed E-state index contributed by atoms with van der Waals surface area (Å²) in [4.78, 5) is 3.88. The van der Waals surface area contributed by atoms with Crippen molar-refractivity contribution in [3.8, 4) is 5.75 Å². The van der Waals surface area contributed by atoms with Crippen molar-refractivity contribution in [2.45, 2.75) is 13.0 Å². The molecule has 1 heterocycles. The highest BCUT2D eigenvalue weighted by molar-refractivity contribution is 5.48. The molecule has 0 saturated carbocycles. The Morgan fingerprint density at radius 1 is 1.00 bits per heavy atom. The number of aromatic hydroxyl groups is 1. The van der Waals surface area contributed by atoms with Gasteiger partial charge in [0.25, 0.3) is 0 Å². The first-order valence-electron chi connectivity index (χ1n) is 7.77. The van der Waals surface area contributed by atoms with E-state index in [0.717, 1.165) is 31.9 Å². The average Bonchev–Trinajstić information content (AvgIpc) is 2.56. The second kappa shape index (κ2) is 6.36. The van der Waals surface area contributed by atoms with Crippen molar-refractivity contribution in [1.82, 2.24) is 0 Å². The number of phenols is 1. The minimum absolute atomic E-state index is 0.178. The van der Waals surface area contributed by atoms with E-state index >= 15 is 0 Å². The Bertz CT molecular complexity index is 604. The number of halogens is 1. The molecule has 0 aliphatic carbocycles. The van der Waals surface area contributed by atoms with Crippen molar-refractivity contribution in [3.63, 3.8) is 0 Å². The second-order valence-electron chi connectivity index (χ2n) is 5.93. The third-order valence-electron chi connectivity index (χ3n) is 4.60. The average molecular weight is 301 g/mol. The molecule has 3 rings (SSSR count). The highest BCUT2D eigenvalue weighted by Gasteiger charge is 2.25. The quantitative estimate of drug-likeness (QED) is 0.907. The molecule has 1 aliphatic rings. The van der Waals surface area contributed by atoms with Crippen LogP contribution < -0.4 is 9.80 Å². The maximum Gasteiger partial charge on any atom is 0.123 e. The van der Waals surface area contributed by atoms with Crippen LogP contribution in [0.4, 0.5) is 10.1 Å². The fraction of sp³-hybridized carbons (Fsp3) is 0.333. The van der Waals surface area contributed by atoms with Crippen LogP contribution >= 0.6 is 0 Å². The van der Waals surface area contributed by atoms with Crippen molar-refractivity contribution in [1.29, 1.82) is 0 Å². The van der Waals surface area contributed by atoms with E-state index in [1.165, 1.54) is 22.6 Å². The van der Waals surface area contributed by atoms with Crippen molar-refractivity contribution < 1.29 is 14.4 Å². The van der Waals surface area contributed by atoms with Crippen molar-refractivity contribution in [2.24, 2.45) is 0 Å². The Balaban J connectivity index is 1.61. The first kappa shape index (κ1) is 14.9. The molecule has 1 fully saturated rings. The molecule has 0 radical (unpaired) electrons. The number of quaternary nitrogens is 1. The lowest BCUT2D eigenvalue weighted by molar-refractivity contribution is -0.930. The Morgan fingerprint density at radius 3 is 2.18 bits per heavy atom. The molecule has 22 heavy (non-hydrogen) atoms. The SMILES string of the molecule is C[C@@H](c1ccc(F)cc1)[NH+]1CCN(c2ccc(O)cc2)CC1. The molecule has 3 nitrogen and oxygen atoms in total. The normalized spacial score (nSPS) is 17.5. The minimum atomic E-state index is -0.178. The number of anilines is 1. The van der Waals surface area contributed by atoms with Crippen molar-refractivity contribution in [2.75, 3.05) is 31.1 Å². The van der Waals surface area contributed by atoms with Gasteiger partial charge in [-0.2, -0.15) is 0 Å². The van der Waals surface area contributed by atoms with E-state index in [4.69, 9.17) is 0 Å². The number of rotatable bonds is 3. The van der Waals surface area contributed by atoms with Crippen LogP contribution in [0.1, 0.15) is 18.5 Å². The topological polar surface area (TPSA) is 27.9 Å². The molecule has 4 heteroatoms. The van der Waals surface area contributed by atoms with Gasteiger partial charge in [-0.05, 0) is 43.3 Å². The number of piperazine rings is 1. The van der Waals surface area contributed by atoms with Gasteiger partial charge in [0.1, 0.15) is 17.6 Å². The molecule has 2 N–H and O–H groups in total. The molecular weight excluding hydrogens is 279 g/mol. The van der Waals surface area contributed by atoms with Gasteiger partial charge >= 0.3 is 0 Å². The van der Waals surface area contributed by atoms with Gasteiger partial charge in [0, 0.05) is 11.3 Å². The van der Waals surface area contributed by atoms with E-state index in [9.17, 15) is 9.50 Å². The molecule has 2 aromatic carbocycles. The molecule has 2 aromatic rings. The summed E-state index contributed by atoms with van der Waals surface area (Å²) in [5.74, 6) is 0.126. The lowest BCUT2D eigenvalue weighted by atomic mass is 10.1. The number of phenolic OH excluding ortho intramolecular Hbond substituents is 1. The zero-order valence-electron chi connectivity index (χ0n) is 12.8. The highest BCUT2D eigenvalue weighted by atomic mass is 19.1. The van der Waals surface area contributed by atoms with Crippen LogP contribution in [-0.2, 0) is 0 Å². The standard InChI is InChI=1S/C18H21FN2O/c1-14(15-2-4-16(19)5-3-15)20-10-12-21(13-11-20)17-6-8-18(22)9-7-17/h2-9,14,22H,10-13H2,1H3/p+1/t14-/m0/s1. The highest BCUT2D eigenvalue weighted by Crippen LogP contribution is 2.18. The van der Waals surface area contributed by atoms with E-state index in [1.54, 1.807) is 12.1 Å². The molecule has 1 atom stereocenters. The van der Waals surface area contributed by atoms with E-state index in [0.29, 0.717) is 11.8 Å². The zero-order valence-corrected chi connectivity index (χ0v) is 12.8. The third kappa shape index (κ3) is 3.22. The molecule has 116 valence electrons. The number of hydrogen-bond acceptors (Lipinski definition) is 2. The Morgan fingerprint density at radius 2 is 1.59 bits per heavy atom. The summed E-state index contributed by atoms with van der Waals surface area (Å²) in [6, 6.07) is 14.6. The van der Waals surface area contributed by atoms with E-state index in [2.05, 4.69) is 11.8 Å². The zero-order chi connectivity index (χ0) is 15.5. The van der Waals surface area contributed by atoms with Crippen LogP contribution in [0.15, 0.2) is 48.5 Å². The van der Waals surface area contributed by atoms with Crippen LogP contribution in [0.5, 0.6) is 5.75 Å². The lowest BCUT2D eigenvalue weighted by Gasteiger charge is -2.36. The lowest BCUT2D eigenvalue weighted by Crippen LogP contribution is -3.14. The summed E-state index contributed by atoms with van der Waals surface area (Å²) in [5.41, 5.74) is 2.35. The fourth-order valence-electron chi connectivity index (χ4n) is 3.14. The summed E-state index contributed by atoms with van der Waals surface area (Å²) < 4.78 is 13.0. The Hall–Kier alpha value is -2.07. The minimum Gasteiger partial charge on any atom is -0.508 e. The maximum absolute atomic E-state index is 13.0. The van der Waals surface area contributed by atoms with Gasteiger partial charge in [-0.25, -0.2) is 4.39 Å². The van der Waals surface area contributed by atoms with Gasteiger partial charge in [0.15, 0.2) is 0 Å². The number of benzene rings is 2. The van der Waals surface area contributed by atoms with E-state index in [1.807, 2.05) is 24.3 Å². The first-order chi connectivity index (χ1) is 10.6. The summed E-state index contributed by atoms with van der Waals surface area (Å²) in [7, 11) is 0. The first-order valence-corrected chi connectivity index (χ1v) is 7.77.